The molecule has 39 heavy (non-hydrogen) atoms. The van der Waals surface area contributed by atoms with Crippen LogP contribution in [-0.2, 0) is 29.2 Å². The first-order valence-electron chi connectivity index (χ1n) is 12.4. The van der Waals surface area contributed by atoms with Gasteiger partial charge in [0.15, 0.2) is 0 Å². The largest absolute Gasteiger partial charge is 0.350 e. The van der Waals surface area contributed by atoms with Crippen molar-refractivity contribution in [3.63, 3.8) is 0 Å². The van der Waals surface area contributed by atoms with Crippen molar-refractivity contribution in [2.45, 2.75) is 25.7 Å². The highest BCUT2D eigenvalue weighted by Crippen LogP contribution is 2.26. The fourth-order valence-corrected chi connectivity index (χ4v) is 4.38. The molecule has 0 aliphatic heterocycles. The number of rotatable bonds is 9. The maximum absolute atomic E-state index is 14.8. The second-order valence-corrected chi connectivity index (χ2v) is 9.01. The van der Waals surface area contributed by atoms with Crippen molar-refractivity contribution in [1.82, 2.24) is 25.2 Å². The Hall–Kier alpha value is -4.92. The highest BCUT2D eigenvalue weighted by Gasteiger charge is 2.32. The van der Waals surface area contributed by atoms with E-state index in [1.807, 2.05) is 18.2 Å². The maximum Gasteiger partial charge on any atom is 0.247 e. The van der Waals surface area contributed by atoms with Crippen LogP contribution in [0.4, 0.5) is 8.78 Å². The summed E-state index contributed by atoms with van der Waals surface area (Å²) in [5.74, 6) is -1.77. The van der Waals surface area contributed by atoms with Crippen LogP contribution in [0.25, 0.3) is 11.0 Å². The average Bonchev–Trinajstić information content (AvgIpc) is 3.36. The lowest BCUT2D eigenvalue weighted by atomic mass is 10.0. The van der Waals surface area contributed by atoms with Crippen LogP contribution in [-0.4, -0.2) is 31.7 Å². The Morgan fingerprint density at radius 2 is 1.54 bits per heavy atom. The molecule has 0 aliphatic carbocycles. The van der Waals surface area contributed by atoms with E-state index in [1.165, 1.54) is 27.8 Å². The van der Waals surface area contributed by atoms with Crippen molar-refractivity contribution in [3.05, 3.63) is 131 Å². The van der Waals surface area contributed by atoms with Crippen molar-refractivity contribution >= 4 is 22.8 Å². The quantitative estimate of drug-likeness (QED) is 0.300. The third-order valence-corrected chi connectivity index (χ3v) is 6.38. The molecule has 2 amide bonds. The van der Waals surface area contributed by atoms with E-state index in [-0.39, 0.29) is 31.0 Å². The van der Waals surface area contributed by atoms with Gasteiger partial charge in [0.25, 0.3) is 0 Å². The topological polar surface area (TPSA) is 80.1 Å². The number of carbonyl (C=O) groups is 2. The number of amides is 2. The summed E-state index contributed by atoms with van der Waals surface area (Å²) in [6.45, 7) is -0.233. The van der Waals surface area contributed by atoms with Crippen molar-refractivity contribution in [2.24, 2.45) is 0 Å². The zero-order valence-electron chi connectivity index (χ0n) is 20.9. The molecule has 1 unspecified atom stereocenters. The highest BCUT2D eigenvalue weighted by atomic mass is 19.1. The first kappa shape index (κ1) is 25.7. The van der Waals surface area contributed by atoms with Crippen LogP contribution in [0.2, 0.25) is 0 Å². The number of hydrogen-bond acceptors (Lipinski definition) is 4. The number of halogens is 2. The van der Waals surface area contributed by atoms with Crippen LogP contribution in [0.5, 0.6) is 0 Å². The first-order valence-corrected chi connectivity index (χ1v) is 12.4. The summed E-state index contributed by atoms with van der Waals surface area (Å²) in [6.07, 6.45) is 0. The zero-order valence-corrected chi connectivity index (χ0v) is 20.9. The molecule has 1 N–H and O–H groups in total. The van der Waals surface area contributed by atoms with Gasteiger partial charge in [-0.2, -0.15) is 0 Å². The SMILES string of the molecule is O=C(NCc1ccc(F)cc1)C(c1ccccc1)N(Cc1ccccc1F)C(=O)Cn1nnc2ccccc21. The molecule has 0 radical (unpaired) electrons. The molecule has 0 spiro atoms. The summed E-state index contributed by atoms with van der Waals surface area (Å²) in [5.41, 5.74) is 2.80. The van der Waals surface area contributed by atoms with Crippen molar-refractivity contribution in [3.8, 4) is 0 Å². The van der Waals surface area contributed by atoms with Crippen molar-refractivity contribution in [2.75, 3.05) is 0 Å². The van der Waals surface area contributed by atoms with Crippen LogP contribution in [0, 0.1) is 11.6 Å². The van der Waals surface area contributed by atoms with Crippen molar-refractivity contribution < 1.29 is 18.4 Å². The van der Waals surface area contributed by atoms with Gasteiger partial charge in [-0.3, -0.25) is 9.59 Å². The Kier molecular flexibility index (Phi) is 7.68. The molecular formula is C30H25F2N5O2. The fourth-order valence-electron chi connectivity index (χ4n) is 4.38. The molecule has 7 nitrogen and oxygen atoms in total. The standard InChI is InChI=1S/C30H25F2N5O2/c31-24-16-14-21(15-17-24)18-33-30(39)29(22-8-2-1-3-9-22)36(19-23-10-4-5-11-25(23)32)28(38)20-37-27-13-7-6-12-26(27)34-35-37/h1-17,29H,18-20H2,(H,33,39). The number of hydrogen-bond donors (Lipinski definition) is 1. The molecule has 0 saturated carbocycles. The van der Waals surface area contributed by atoms with Gasteiger partial charge in [-0.05, 0) is 41.5 Å². The van der Waals surface area contributed by atoms with Gasteiger partial charge >= 0.3 is 0 Å². The van der Waals surface area contributed by atoms with Crippen LogP contribution in [0.15, 0.2) is 103 Å². The van der Waals surface area contributed by atoms with E-state index in [2.05, 4.69) is 15.6 Å². The molecule has 196 valence electrons. The number of nitrogens with one attached hydrogen (secondary N) is 1. The second-order valence-electron chi connectivity index (χ2n) is 9.01. The number of para-hydroxylation sites is 1. The minimum atomic E-state index is -1.08. The van der Waals surface area contributed by atoms with Gasteiger partial charge in [-0.15, -0.1) is 5.10 Å². The van der Waals surface area contributed by atoms with Gasteiger partial charge in [0, 0.05) is 18.7 Å². The zero-order chi connectivity index (χ0) is 27.2. The lowest BCUT2D eigenvalue weighted by Gasteiger charge is -2.31. The summed E-state index contributed by atoms with van der Waals surface area (Å²) in [4.78, 5) is 29.0. The third-order valence-electron chi connectivity index (χ3n) is 6.38. The number of aromatic nitrogens is 3. The predicted octanol–water partition coefficient (Wildman–Crippen LogP) is 4.80. The molecule has 0 fully saturated rings. The van der Waals surface area contributed by atoms with E-state index < -0.39 is 23.7 Å². The molecular weight excluding hydrogens is 500 g/mol. The van der Waals surface area contributed by atoms with E-state index >= 15 is 0 Å². The lowest BCUT2D eigenvalue weighted by molar-refractivity contribution is -0.142. The summed E-state index contributed by atoms with van der Waals surface area (Å²) in [6, 6.07) is 26.9. The normalized spacial score (nSPS) is 11.7. The van der Waals surface area contributed by atoms with Crippen LogP contribution < -0.4 is 5.32 Å². The molecule has 5 aromatic rings. The molecule has 9 heteroatoms. The van der Waals surface area contributed by atoms with E-state index in [0.717, 1.165) is 0 Å². The molecule has 0 saturated heterocycles. The molecule has 4 aromatic carbocycles. The van der Waals surface area contributed by atoms with E-state index in [4.69, 9.17) is 0 Å². The van der Waals surface area contributed by atoms with Gasteiger partial charge in [0.05, 0.1) is 5.52 Å². The lowest BCUT2D eigenvalue weighted by Crippen LogP contribution is -2.44. The van der Waals surface area contributed by atoms with Gasteiger partial charge in [-0.1, -0.05) is 78.0 Å². The number of nitrogens with zero attached hydrogens (tertiary/aromatic N) is 4. The average molecular weight is 526 g/mol. The van der Waals surface area contributed by atoms with Gasteiger partial charge < -0.3 is 10.2 Å². The third kappa shape index (κ3) is 5.98. The minimum absolute atomic E-state index is 0.123. The van der Waals surface area contributed by atoms with Crippen molar-refractivity contribution in [1.29, 1.82) is 0 Å². The second kappa shape index (κ2) is 11.6. The molecule has 0 bridgehead atoms. The van der Waals surface area contributed by atoms with Crippen LogP contribution in [0.1, 0.15) is 22.7 Å². The first-order chi connectivity index (χ1) is 19.0. The fraction of sp³-hybridized carbons (Fsp3) is 0.133. The van der Waals surface area contributed by atoms with Gasteiger partial charge in [0.2, 0.25) is 11.8 Å². The molecule has 1 heterocycles. The summed E-state index contributed by atoms with van der Waals surface area (Å²) >= 11 is 0. The van der Waals surface area contributed by atoms with Crippen LogP contribution >= 0.6 is 0 Å². The van der Waals surface area contributed by atoms with Crippen LogP contribution in [0.3, 0.4) is 0 Å². The predicted molar refractivity (Wildman–Crippen MR) is 142 cm³/mol. The van der Waals surface area contributed by atoms with Gasteiger partial charge in [-0.25, -0.2) is 13.5 Å². The summed E-state index contributed by atoms with van der Waals surface area (Å²) in [7, 11) is 0. The maximum atomic E-state index is 14.8. The number of fused-ring (bicyclic) bond motifs is 1. The van der Waals surface area contributed by atoms with E-state index in [9.17, 15) is 18.4 Å². The molecule has 1 atom stereocenters. The van der Waals surface area contributed by atoms with E-state index in [1.54, 1.807) is 66.7 Å². The monoisotopic (exact) mass is 525 g/mol. The smallest absolute Gasteiger partial charge is 0.247 e. The molecule has 5 rings (SSSR count). The molecule has 1 aromatic heterocycles. The summed E-state index contributed by atoms with van der Waals surface area (Å²) < 4.78 is 29.6. The number of carbonyl (C=O) groups excluding carboxylic acids is 2. The summed E-state index contributed by atoms with van der Waals surface area (Å²) in [5, 5.41) is 11.1. The Balaban J connectivity index is 1.50. The highest BCUT2D eigenvalue weighted by molar-refractivity contribution is 5.89. The molecule has 0 aliphatic rings. The Labute approximate surface area is 223 Å². The number of benzene rings is 4. The van der Waals surface area contributed by atoms with Gasteiger partial charge in [0.1, 0.15) is 29.7 Å². The Bertz CT molecular complexity index is 1590. The van der Waals surface area contributed by atoms with E-state index in [0.29, 0.717) is 22.2 Å². The Morgan fingerprint density at radius 3 is 2.31 bits per heavy atom. The Morgan fingerprint density at radius 1 is 0.846 bits per heavy atom. The minimum Gasteiger partial charge on any atom is -0.350 e.